The number of imide groups is 1. The van der Waals surface area contributed by atoms with Gasteiger partial charge in [-0.25, -0.2) is 4.72 Å². The van der Waals surface area contributed by atoms with Crippen LogP contribution in [0.1, 0.15) is 33.6 Å². The van der Waals surface area contributed by atoms with Crippen molar-refractivity contribution in [2.24, 2.45) is 0 Å². The topological polar surface area (TPSA) is 116 Å². The summed E-state index contributed by atoms with van der Waals surface area (Å²) >= 11 is 0. The lowest BCUT2D eigenvalue weighted by molar-refractivity contribution is -0.121. The fourth-order valence-corrected chi connectivity index (χ4v) is 3.06. The average Bonchev–Trinajstić information content (AvgIpc) is 2.84. The minimum absolute atomic E-state index is 0.0741. The van der Waals surface area contributed by atoms with Crippen molar-refractivity contribution < 1.29 is 22.8 Å². The molecule has 26 heavy (non-hydrogen) atoms. The lowest BCUT2D eigenvalue weighted by atomic mass is 10.1. The Morgan fingerprint density at radius 3 is 2.19 bits per heavy atom. The molecule has 2 N–H and O–H groups in total. The van der Waals surface area contributed by atoms with Crippen molar-refractivity contribution in [3.05, 3.63) is 35.4 Å². The van der Waals surface area contributed by atoms with Gasteiger partial charge in [0.25, 0.3) is 22.0 Å². The normalized spacial score (nSPS) is 14.0. The van der Waals surface area contributed by atoms with Crippen LogP contribution in [0.15, 0.2) is 24.3 Å². The molecule has 1 aromatic rings. The highest BCUT2D eigenvalue weighted by Gasteiger charge is 2.34. The summed E-state index contributed by atoms with van der Waals surface area (Å²) < 4.78 is 26.3. The molecule has 1 heterocycles. The van der Waals surface area contributed by atoms with E-state index in [4.69, 9.17) is 0 Å². The van der Waals surface area contributed by atoms with Crippen LogP contribution < -0.4 is 10.0 Å². The minimum Gasteiger partial charge on any atom is -0.355 e. The van der Waals surface area contributed by atoms with E-state index in [2.05, 4.69) is 10.0 Å². The van der Waals surface area contributed by atoms with Gasteiger partial charge in [0.2, 0.25) is 5.91 Å². The maximum Gasteiger partial charge on any atom is 0.278 e. The van der Waals surface area contributed by atoms with Gasteiger partial charge in [0.15, 0.2) is 0 Å². The second-order valence-electron chi connectivity index (χ2n) is 5.94. The number of rotatable bonds is 9. The average molecular weight is 382 g/mol. The Kier molecular flexibility index (Phi) is 6.46. The SMILES string of the molecule is CN(C)S(=O)(=O)NCCNC(=O)CCCN1C(=O)c2ccccc2C1=O. The predicted octanol–water partition coefficient (Wildman–Crippen LogP) is -0.425. The third-order valence-corrected chi connectivity index (χ3v) is 5.41. The van der Waals surface area contributed by atoms with Gasteiger partial charge in [-0.15, -0.1) is 0 Å². The molecule has 1 aliphatic rings. The van der Waals surface area contributed by atoms with Crippen LogP contribution in [-0.4, -0.2) is 69.1 Å². The van der Waals surface area contributed by atoms with Crippen LogP contribution >= 0.6 is 0 Å². The zero-order chi connectivity index (χ0) is 19.3. The number of carbonyl (C=O) groups is 3. The molecular weight excluding hydrogens is 360 g/mol. The lowest BCUT2D eigenvalue weighted by Crippen LogP contribution is -2.40. The zero-order valence-electron chi connectivity index (χ0n) is 14.7. The summed E-state index contributed by atoms with van der Waals surface area (Å²) in [5.41, 5.74) is 0.769. The van der Waals surface area contributed by atoms with E-state index in [9.17, 15) is 22.8 Å². The molecule has 0 atom stereocenters. The summed E-state index contributed by atoms with van der Waals surface area (Å²) in [7, 11) is -0.706. The third kappa shape index (κ3) is 4.65. The fourth-order valence-electron chi connectivity index (χ4n) is 2.44. The molecule has 0 spiro atoms. The molecule has 0 fully saturated rings. The molecule has 10 heteroatoms. The molecule has 9 nitrogen and oxygen atoms in total. The van der Waals surface area contributed by atoms with E-state index >= 15 is 0 Å². The Hall–Kier alpha value is -2.30. The first kappa shape index (κ1) is 20.0. The highest BCUT2D eigenvalue weighted by molar-refractivity contribution is 7.87. The van der Waals surface area contributed by atoms with Crippen LogP contribution in [0.3, 0.4) is 0 Å². The van der Waals surface area contributed by atoms with E-state index in [0.29, 0.717) is 17.5 Å². The second-order valence-corrected chi connectivity index (χ2v) is 7.91. The smallest absolute Gasteiger partial charge is 0.278 e. The van der Waals surface area contributed by atoms with Crippen LogP contribution in [0.25, 0.3) is 0 Å². The number of hydrogen-bond donors (Lipinski definition) is 2. The van der Waals surface area contributed by atoms with Gasteiger partial charge in [0, 0.05) is 40.2 Å². The third-order valence-electron chi connectivity index (χ3n) is 3.88. The standard InChI is InChI=1S/C16H22N4O5S/c1-19(2)26(24,25)18-10-9-17-14(21)8-5-11-20-15(22)12-6-3-4-7-13(12)16(20)23/h3-4,6-7,18H,5,8-11H2,1-2H3,(H,17,21). The van der Waals surface area contributed by atoms with Crippen molar-refractivity contribution in [2.75, 3.05) is 33.7 Å². The van der Waals surface area contributed by atoms with Crippen molar-refractivity contribution >= 4 is 27.9 Å². The van der Waals surface area contributed by atoms with Crippen molar-refractivity contribution in [2.45, 2.75) is 12.8 Å². The molecule has 0 radical (unpaired) electrons. The van der Waals surface area contributed by atoms with Crippen LogP contribution in [-0.2, 0) is 15.0 Å². The largest absolute Gasteiger partial charge is 0.355 e. The minimum atomic E-state index is -3.51. The van der Waals surface area contributed by atoms with Gasteiger partial charge in [-0.3, -0.25) is 19.3 Å². The molecule has 0 saturated heterocycles. The predicted molar refractivity (Wildman–Crippen MR) is 94.7 cm³/mol. The van der Waals surface area contributed by atoms with Gasteiger partial charge in [0.1, 0.15) is 0 Å². The molecule has 3 amide bonds. The number of hydrogen-bond acceptors (Lipinski definition) is 5. The molecule has 0 aliphatic carbocycles. The van der Waals surface area contributed by atoms with E-state index < -0.39 is 10.2 Å². The van der Waals surface area contributed by atoms with Gasteiger partial charge in [-0.2, -0.15) is 12.7 Å². The van der Waals surface area contributed by atoms with Gasteiger partial charge >= 0.3 is 0 Å². The fraction of sp³-hybridized carbons (Fsp3) is 0.438. The van der Waals surface area contributed by atoms with E-state index in [1.54, 1.807) is 24.3 Å². The van der Waals surface area contributed by atoms with E-state index in [0.717, 1.165) is 9.21 Å². The van der Waals surface area contributed by atoms with Crippen molar-refractivity contribution in [3.63, 3.8) is 0 Å². The quantitative estimate of drug-likeness (QED) is 0.444. The molecule has 1 aliphatic heterocycles. The maximum absolute atomic E-state index is 12.2. The van der Waals surface area contributed by atoms with Gasteiger partial charge < -0.3 is 5.32 Å². The monoisotopic (exact) mass is 382 g/mol. The van der Waals surface area contributed by atoms with Gasteiger partial charge in [-0.1, -0.05) is 12.1 Å². The van der Waals surface area contributed by atoms with Crippen molar-refractivity contribution in [1.29, 1.82) is 0 Å². The molecule has 0 unspecified atom stereocenters. The summed E-state index contributed by atoms with van der Waals surface area (Å²) in [5, 5.41) is 2.59. The highest BCUT2D eigenvalue weighted by Crippen LogP contribution is 2.22. The van der Waals surface area contributed by atoms with Gasteiger partial charge in [0.05, 0.1) is 11.1 Å². The van der Waals surface area contributed by atoms with Crippen LogP contribution in [0.5, 0.6) is 0 Å². The Bertz CT molecular complexity index is 772. The summed E-state index contributed by atoms with van der Waals surface area (Å²) in [6.07, 6.45) is 0.467. The van der Waals surface area contributed by atoms with E-state index in [-0.39, 0.29) is 43.8 Å². The lowest BCUT2D eigenvalue weighted by Gasteiger charge is -2.14. The van der Waals surface area contributed by atoms with E-state index in [1.807, 2.05) is 0 Å². The molecule has 0 bridgehead atoms. The Balaban J connectivity index is 1.70. The number of benzene rings is 1. The Morgan fingerprint density at radius 1 is 1.08 bits per heavy atom. The number of carbonyl (C=O) groups excluding carboxylic acids is 3. The first-order valence-electron chi connectivity index (χ1n) is 8.13. The number of fused-ring (bicyclic) bond motifs is 1. The zero-order valence-corrected chi connectivity index (χ0v) is 15.5. The molecule has 2 rings (SSSR count). The van der Waals surface area contributed by atoms with Crippen LogP contribution in [0, 0.1) is 0 Å². The van der Waals surface area contributed by atoms with E-state index in [1.165, 1.54) is 14.1 Å². The molecular formula is C16H22N4O5S. The van der Waals surface area contributed by atoms with Crippen molar-refractivity contribution in [3.8, 4) is 0 Å². The van der Waals surface area contributed by atoms with Crippen LogP contribution in [0.4, 0.5) is 0 Å². The molecule has 0 aromatic heterocycles. The molecule has 1 aromatic carbocycles. The maximum atomic E-state index is 12.2. The summed E-state index contributed by atoms with van der Waals surface area (Å²) in [6, 6.07) is 6.62. The second kappa shape index (κ2) is 8.39. The molecule has 142 valence electrons. The summed E-state index contributed by atoms with van der Waals surface area (Å²) in [4.78, 5) is 37.3. The Labute approximate surface area is 152 Å². The Morgan fingerprint density at radius 2 is 1.65 bits per heavy atom. The molecule has 0 saturated carbocycles. The van der Waals surface area contributed by atoms with Gasteiger partial charge in [-0.05, 0) is 18.6 Å². The number of nitrogens with one attached hydrogen (secondary N) is 2. The summed E-state index contributed by atoms with van der Waals surface area (Å²) in [6.45, 7) is 0.386. The number of nitrogens with zero attached hydrogens (tertiary/aromatic N) is 2. The summed E-state index contributed by atoms with van der Waals surface area (Å²) in [5.74, 6) is -0.959. The first-order chi connectivity index (χ1) is 12.2. The number of amides is 3. The highest BCUT2D eigenvalue weighted by atomic mass is 32.2. The first-order valence-corrected chi connectivity index (χ1v) is 9.57. The van der Waals surface area contributed by atoms with Crippen molar-refractivity contribution in [1.82, 2.24) is 19.2 Å². The van der Waals surface area contributed by atoms with Crippen LogP contribution in [0.2, 0.25) is 0 Å².